The molecule has 32 heavy (non-hydrogen) atoms. The first-order valence-electron chi connectivity index (χ1n) is 9.30. The van der Waals surface area contributed by atoms with Crippen LogP contribution in [0.3, 0.4) is 0 Å². The van der Waals surface area contributed by atoms with E-state index in [9.17, 15) is 45.3 Å². The van der Waals surface area contributed by atoms with Crippen LogP contribution in [0.25, 0.3) is 0 Å². The van der Waals surface area contributed by atoms with Crippen LogP contribution in [0.2, 0.25) is 0 Å². The minimum atomic E-state index is -1.74. The Morgan fingerprint density at radius 3 is 2.19 bits per heavy atom. The number of anilines is 1. The number of aromatic hydroxyl groups is 2. The van der Waals surface area contributed by atoms with Gasteiger partial charge in [0.15, 0.2) is 0 Å². The van der Waals surface area contributed by atoms with Gasteiger partial charge in [0.2, 0.25) is 6.29 Å². The van der Waals surface area contributed by atoms with Crippen LogP contribution in [0.4, 0.5) is 5.69 Å². The molecule has 8 N–H and O–H groups in total. The fourth-order valence-corrected chi connectivity index (χ4v) is 3.10. The third-order valence-corrected chi connectivity index (χ3v) is 4.78. The molecule has 12 nitrogen and oxygen atoms in total. The van der Waals surface area contributed by atoms with Gasteiger partial charge < -0.3 is 50.5 Å². The molecule has 1 aliphatic heterocycles. The summed E-state index contributed by atoms with van der Waals surface area (Å²) in [6.45, 7) is -0.688. The zero-order chi connectivity index (χ0) is 23.6. The second kappa shape index (κ2) is 9.38. The fourth-order valence-electron chi connectivity index (χ4n) is 3.10. The molecule has 2 aromatic rings. The van der Waals surface area contributed by atoms with E-state index < -0.39 is 54.8 Å². The molecule has 1 amide bonds. The summed E-state index contributed by atoms with van der Waals surface area (Å²) in [7, 11) is 0. The molecule has 1 aliphatic rings. The number of aliphatic hydroxyl groups excluding tert-OH is 4. The van der Waals surface area contributed by atoms with Crippen molar-refractivity contribution in [2.75, 3.05) is 11.9 Å². The maximum atomic E-state index is 12.8. The van der Waals surface area contributed by atoms with Crippen molar-refractivity contribution in [3.8, 4) is 17.2 Å². The highest BCUT2D eigenvalue weighted by atomic mass is 16.7. The summed E-state index contributed by atoms with van der Waals surface area (Å²) in [4.78, 5) is 24.2. The molecule has 0 unspecified atom stereocenters. The maximum absolute atomic E-state index is 12.8. The Bertz CT molecular complexity index is 1010. The first kappa shape index (κ1) is 23.2. The molecule has 0 radical (unpaired) electrons. The number of nitrogens with one attached hydrogen (secondary N) is 1. The fraction of sp³-hybridized carbons (Fsp3) is 0.300. The van der Waals surface area contributed by atoms with Gasteiger partial charge in [0.05, 0.1) is 23.4 Å². The summed E-state index contributed by atoms with van der Waals surface area (Å²) < 4.78 is 10.7. The van der Waals surface area contributed by atoms with Crippen molar-refractivity contribution in [2.45, 2.75) is 30.7 Å². The van der Waals surface area contributed by atoms with Gasteiger partial charge in [0, 0.05) is 0 Å². The molecule has 1 heterocycles. The zero-order valence-corrected chi connectivity index (χ0v) is 16.3. The third kappa shape index (κ3) is 4.74. The molecule has 0 spiro atoms. The predicted molar refractivity (Wildman–Crippen MR) is 106 cm³/mol. The van der Waals surface area contributed by atoms with Crippen molar-refractivity contribution in [3.63, 3.8) is 0 Å². The highest BCUT2D eigenvalue weighted by Crippen LogP contribution is 2.30. The van der Waals surface area contributed by atoms with Crippen LogP contribution in [0.1, 0.15) is 20.7 Å². The molecule has 1 fully saturated rings. The van der Waals surface area contributed by atoms with Gasteiger partial charge in [-0.2, -0.15) is 0 Å². The van der Waals surface area contributed by atoms with Crippen LogP contribution in [-0.4, -0.2) is 84.9 Å². The summed E-state index contributed by atoms with van der Waals surface area (Å²) in [5, 5.41) is 70.1. The normalized spacial score (nSPS) is 25.2. The number of amides is 1. The van der Waals surface area contributed by atoms with Gasteiger partial charge in [0.25, 0.3) is 5.91 Å². The molecule has 0 saturated carbocycles. The highest BCUT2D eigenvalue weighted by Gasteiger charge is 2.45. The van der Waals surface area contributed by atoms with E-state index in [1.54, 1.807) is 0 Å². The Kier molecular flexibility index (Phi) is 6.81. The minimum absolute atomic E-state index is 0.151. The number of carboxylic acid groups (broad SMARTS) is 1. The van der Waals surface area contributed by atoms with E-state index in [0.717, 1.165) is 24.3 Å². The molecule has 0 aromatic heterocycles. The van der Waals surface area contributed by atoms with Gasteiger partial charge in [-0.25, -0.2) is 4.79 Å². The van der Waals surface area contributed by atoms with Gasteiger partial charge in [-0.3, -0.25) is 4.79 Å². The Morgan fingerprint density at radius 1 is 0.938 bits per heavy atom. The van der Waals surface area contributed by atoms with Gasteiger partial charge in [-0.15, -0.1) is 0 Å². The van der Waals surface area contributed by atoms with E-state index in [1.807, 2.05) is 0 Å². The molecule has 172 valence electrons. The number of rotatable bonds is 6. The maximum Gasteiger partial charge on any atom is 0.337 e. The van der Waals surface area contributed by atoms with Crippen LogP contribution >= 0.6 is 0 Å². The number of phenols is 2. The second-order valence-electron chi connectivity index (χ2n) is 6.98. The largest absolute Gasteiger partial charge is 0.508 e. The van der Waals surface area contributed by atoms with Crippen LogP contribution in [-0.2, 0) is 4.74 Å². The van der Waals surface area contributed by atoms with Gasteiger partial charge >= 0.3 is 5.97 Å². The predicted octanol–water partition coefficient (Wildman–Crippen LogP) is -0.773. The smallest absolute Gasteiger partial charge is 0.337 e. The molecule has 3 rings (SSSR count). The average Bonchev–Trinajstić information content (AvgIpc) is 2.76. The molecule has 12 heteroatoms. The zero-order valence-electron chi connectivity index (χ0n) is 16.3. The second-order valence-corrected chi connectivity index (χ2v) is 6.98. The number of aliphatic hydroxyl groups is 4. The summed E-state index contributed by atoms with van der Waals surface area (Å²) in [6, 6.07) is 6.61. The van der Waals surface area contributed by atoms with Gasteiger partial charge in [0.1, 0.15) is 41.7 Å². The Balaban J connectivity index is 1.89. The van der Waals surface area contributed by atoms with Gasteiger partial charge in [-0.05, 0) is 36.4 Å². The molecule has 0 aliphatic carbocycles. The molecule has 2 aromatic carbocycles. The lowest BCUT2D eigenvalue weighted by Crippen LogP contribution is -2.60. The van der Waals surface area contributed by atoms with Crippen LogP contribution in [0, 0.1) is 0 Å². The van der Waals surface area contributed by atoms with E-state index >= 15 is 0 Å². The number of ether oxygens (including phenoxy) is 2. The lowest BCUT2D eigenvalue weighted by Gasteiger charge is -2.39. The van der Waals surface area contributed by atoms with Crippen molar-refractivity contribution >= 4 is 17.6 Å². The monoisotopic (exact) mass is 451 g/mol. The first-order valence-corrected chi connectivity index (χ1v) is 9.30. The van der Waals surface area contributed by atoms with E-state index in [4.69, 9.17) is 9.47 Å². The van der Waals surface area contributed by atoms with Crippen molar-refractivity contribution in [1.29, 1.82) is 0 Å². The topological polar surface area (TPSA) is 206 Å². The van der Waals surface area contributed by atoms with Crippen LogP contribution in [0.5, 0.6) is 17.2 Å². The minimum Gasteiger partial charge on any atom is -0.508 e. The van der Waals surface area contributed by atoms with Crippen molar-refractivity contribution < 1.29 is 54.8 Å². The molecule has 5 atom stereocenters. The quantitative estimate of drug-likeness (QED) is 0.256. The number of hydrogen-bond acceptors (Lipinski definition) is 10. The molecule has 0 bridgehead atoms. The standard InChI is InChI=1S/C20H21NO11/c22-7-14-15(25)16(26)17(27)20(32-14)31-13-4-2-9(24)6-11(13)18(28)21-12-3-1-8(23)5-10(12)19(29)30/h1-6,14-17,20,22-27H,7H2,(H,21,28)(H,29,30)/t14-,15-,16+,17-,20+/m0/s1. The molecular formula is C20H21NO11. The summed E-state index contributed by atoms with van der Waals surface area (Å²) in [5.74, 6) is -3.20. The SMILES string of the molecule is O=C(O)c1cc(O)ccc1NC(=O)c1cc(O)ccc1O[C@@H]1O[C@@H](CO)[C@H](O)[C@@H](O)[C@@H]1O. The van der Waals surface area contributed by atoms with Crippen molar-refractivity contribution in [1.82, 2.24) is 0 Å². The number of benzene rings is 2. The molecule has 1 saturated heterocycles. The number of aromatic carboxylic acids is 1. The van der Waals surface area contributed by atoms with E-state index in [1.165, 1.54) is 12.1 Å². The number of carbonyl (C=O) groups excluding carboxylic acids is 1. The number of hydrogen-bond donors (Lipinski definition) is 8. The van der Waals surface area contributed by atoms with Crippen molar-refractivity contribution in [3.05, 3.63) is 47.5 Å². The van der Waals surface area contributed by atoms with Gasteiger partial charge in [-0.1, -0.05) is 0 Å². The summed E-state index contributed by atoms with van der Waals surface area (Å²) >= 11 is 0. The van der Waals surface area contributed by atoms with Crippen LogP contribution < -0.4 is 10.1 Å². The summed E-state index contributed by atoms with van der Waals surface area (Å²) in [6.07, 6.45) is -7.90. The number of phenolic OH excluding ortho intramolecular Hbond substituents is 2. The summed E-state index contributed by atoms with van der Waals surface area (Å²) in [5.41, 5.74) is -0.830. The first-order chi connectivity index (χ1) is 15.1. The number of carbonyl (C=O) groups is 2. The Labute approximate surface area is 180 Å². The number of carboxylic acids is 1. The van der Waals surface area contributed by atoms with E-state index in [-0.39, 0.29) is 28.5 Å². The lowest BCUT2D eigenvalue weighted by molar-refractivity contribution is -0.277. The van der Waals surface area contributed by atoms with Crippen LogP contribution in [0.15, 0.2) is 36.4 Å². The third-order valence-electron chi connectivity index (χ3n) is 4.78. The van der Waals surface area contributed by atoms with Crippen molar-refractivity contribution in [2.24, 2.45) is 0 Å². The van der Waals surface area contributed by atoms with E-state index in [0.29, 0.717) is 0 Å². The highest BCUT2D eigenvalue weighted by molar-refractivity contribution is 6.09. The Morgan fingerprint density at radius 2 is 1.56 bits per heavy atom. The molecular weight excluding hydrogens is 430 g/mol. The lowest BCUT2D eigenvalue weighted by atomic mass is 9.99. The average molecular weight is 451 g/mol. The van der Waals surface area contributed by atoms with E-state index in [2.05, 4.69) is 5.32 Å². The Hall–Kier alpha value is -3.42.